The number of nitrogens with zero attached hydrogens (tertiary/aromatic N) is 4. The SMILES string of the molecule is COc1nccc(CN(C(=O)Cc2ccc(-n3cccc3C)cc2F)C2C=CS(=O)C2)n1. The number of halogens is 1. The molecule has 2 unspecified atom stereocenters. The summed E-state index contributed by atoms with van der Waals surface area (Å²) in [7, 11) is 0.329. The third-order valence-corrected chi connectivity index (χ3v) is 6.45. The molecule has 1 aliphatic heterocycles. The fourth-order valence-electron chi connectivity index (χ4n) is 3.63. The molecule has 2 atom stereocenters. The highest BCUT2D eigenvalue weighted by Crippen LogP contribution is 2.21. The molecule has 1 aromatic carbocycles. The number of rotatable bonds is 7. The zero-order valence-electron chi connectivity index (χ0n) is 17.8. The van der Waals surface area contributed by atoms with Gasteiger partial charge in [-0.25, -0.2) is 9.37 Å². The van der Waals surface area contributed by atoms with Crippen molar-refractivity contribution in [3.63, 3.8) is 0 Å². The maximum Gasteiger partial charge on any atom is 0.316 e. The van der Waals surface area contributed by atoms with Crippen molar-refractivity contribution in [1.29, 1.82) is 0 Å². The van der Waals surface area contributed by atoms with Gasteiger partial charge in [-0.3, -0.25) is 9.00 Å². The van der Waals surface area contributed by atoms with Gasteiger partial charge in [0.2, 0.25) is 5.91 Å². The normalized spacial score (nSPS) is 17.5. The van der Waals surface area contributed by atoms with Gasteiger partial charge in [-0.1, -0.05) is 12.1 Å². The van der Waals surface area contributed by atoms with Crippen molar-refractivity contribution in [2.45, 2.75) is 25.9 Å². The van der Waals surface area contributed by atoms with Crippen LogP contribution in [0.2, 0.25) is 0 Å². The minimum Gasteiger partial charge on any atom is -0.467 e. The summed E-state index contributed by atoms with van der Waals surface area (Å²) >= 11 is 0. The van der Waals surface area contributed by atoms with Gasteiger partial charge in [-0.05, 0) is 42.8 Å². The van der Waals surface area contributed by atoms with Gasteiger partial charge in [0.05, 0.1) is 37.6 Å². The van der Waals surface area contributed by atoms with Crippen LogP contribution in [0.1, 0.15) is 17.0 Å². The number of carbonyl (C=O) groups is 1. The smallest absolute Gasteiger partial charge is 0.316 e. The first-order valence-corrected chi connectivity index (χ1v) is 11.5. The van der Waals surface area contributed by atoms with E-state index in [1.54, 1.807) is 40.8 Å². The molecule has 0 aliphatic carbocycles. The fraction of sp³-hybridized carbons (Fsp3) is 0.261. The maximum atomic E-state index is 14.9. The minimum atomic E-state index is -1.14. The summed E-state index contributed by atoms with van der Waals surface area (Å²) < 4.78 is 33.7. The zero-order valence-corrected chi connectivity index (χ0v) is 18.6. The highest BCUT2D eigenvalue weighted by Gasteiger charge is 2.28. The molecule has 2 aromatic heterocycles. The summed E-state index contributed by atoms with van der Waals surface area (Å²) in [5, 5.41) is 1.58. The van der Waals surface area contributed by atoms with E-state index in [0.717, 1.165) is 5.69 Å². The minimum absolute atomic E-state index is 0.115. The van der Waals surface area contributed by atoms with Crippen LogP contribution in [0.3, 0.4) is 0 Å². The number of aromatic nitrogens is 3. The first-order valence-electron chi connectivity index (χ1n) is 10.1. The lowest BCUT2D eigenvalue weighted by Crippen LogP contribution is -2.41. The zero-order chi connectivity index (χ0) is 22.7. The summed E-state index contributed by atoms with van der Waals surface area (Å²) in [4.78, 5) is 23.1. The Hall–Kier alpha value is -3.33. The molecule has 3 aromatic rings. The average Bonchev–Trinajstić information content (AvgIpc) is 3.41. The van der Waals surface area contributed by atoms with E-state index < -0.39 is 16.6 Å². The molecule has 166 valence electrons. The largest absolute Gasteiger partial charge is 0.467 e. The molecule has 3 heterocycles. The molecule has 0 fully saturated rings. The van der Waals surface area contributed by atoms with Crippen LogP contribution in [0, 0.1) is 12.7 Å². The molecule has 1 aliphatic rings. The van der Waals surface area contributed by atoms with Crippen LogP contribution in [0.15, 0.2) is 60.3 Å². The topological polar surface area (TPSA) is 77.3 Å². The molecule has 0 N–H and O–H groups in total. The predicted octanol–water partition coefficient (Wildman–Crippen LogP) is 2.94. The lowest BCUT2D eigenvalue weighted by Gasteiger charge is -2.27. The van der Waals surface area contributed by atoms with Crippen molar-refractivity contribution < 1.29 is 18.1 Å². The number of amides is 1. The van der Waals surface area contributed by atoms with Gasteiger partial charge in [-0.2, -0.15) is 4.98 Å². The Morgan fingerprint density at radius 1 is 1.34 bits per heavy atom. The Labute approximate surface area is 188 Å². The number of hydrogen-bond acceptors (Lipinski definition) is 5. The summed E-state index contributed by atoms with van der Waals surface area (Å²) in [6.07, 6.45) is 5.05. The average molecular weight is 455 g/mol. The number of benzene rings is 1. The molecule has 0 radical (unpaired) electrons. The second-order valence-corrected chi connectivity index (χ2v) is 8.84. The first-order chi connectivity index (χ1) is 15.4. The van der Waals surface area contributed by atoms with Gasteiger partial charge >= 0.3 is 6.01 Å². The van der Waals surface area contributed by atoms with Crippen LogP contribution in [-0.2, 0) is 28.6 Å². The summed E-state index contributed by atoms with van der Waals surface area (Å²) in [5.74, 6) is -0.416. The molecule has 9 heteroatoms. The first kappa shape index (κ1) is 21.9. The molecule has 4 rings (SSSR count). The molecular weight excluding hydrogens is 431 g/mol. The second kappa shape index (κ2) is 9.44. The molecule has 0 saturated carbocycles. The van der Waals surface area contributed by atoms with E-state index in [9.17, 15) is 13.4 Å². The Kier molecular flexibility index (Phi) is 6.45. The van der Waals surface area contributed by atoms with E-state index >= 15 is 0 Å². The van der Waals surface area contributed by atoms with Crippen LogP contribution in [0.4, 0.5) is 4.39 Å². The third kappa shape index (κ3) is 4.77. The van der Waals surface area contributed by atoms with Crippen LogP contribution in [-0.4, -0.2) is 48.5 Å². The number of ether oxygens (including phenoxy) is 1. The Morgan fingerprint density at radius 2 is 2.19 bits per heavy atom. The van der Waals surface area contributed by atoms with Gasteiger partial charge in [0.25, 0.3) is 0 Å². The Balaban J connectivity index is 1.56. The molecule has 0 bridgehead atoms. The highest BCUT2D eigenvalue weighted by atomic mass is 32.2. The van der Waals surface area contributed by atoms with Crippen LogP contribution in [0.25, 0.3) is 5.69 Å². The fourth-order valence-corrected chi connectivity index (χ4v) is 4.72. The molecule has 7 nitrogen and oxygen atoms in total. The molecule has 1 amide bonds. The van der Waals surface area contributed by atoms with E-state index in [-0.39, 0.29) is 30.9 Å². The highest BCUT2D eigenvalue weighted by molar-refractivity contribution is 7.88. The van der Waals surface area contributed by atoms with Crippen molar-refractivity contribution in [2.75, 3.05) is 12.9 Å². The number of methoxy groups -OCH3 is 1. The van der Waals surface area contributed by atoms with Gasteiger partial charge in [0.15, 0.2) is 0 Å². The van der Waals surface area contributed by atoms with Crippen molar-refractivity contribution in [3.05, 3.63) is 83.0 Å². The third-order valence-electron chi connectivity index (χ3n) is 5.32. The van der Waals surface area contributed by atoms with Gasteiger partial charge in [-0.15, -0.1) is 0 Å². The standard InChI is InChI=1S/C23H23FN4O3S/c1-16-4-3-10-27(16)19-6-5-17(21(24)13-19)12-22(29)28(20-8-11-32(30)15-20)14-18-7-9-25-23(26-18)31-2/h3-11,13,20H,12,14-15H2,1-2H3. The van der Waals surface area contributed by atoms with Gasteiger partial charge in [0, 0.05) is 40.0 Å². The van der Waals surface area contributed by atoms with E-state index in [0.29, 0.717) is 22.7 Å². The maximum absolute atomic E-state index is 14.9. The number of hydrogen-bond donors (Lipinski definition) is 0. The number of aryl methyl sites for hydroxylation is 1. The quantitative estimate of drug-likeness (QED) is 0.549. The monoisotopic (exact) mass is 454 g/mol. The summed E-state index contributed by atoms with van der Waals surface area (Å²) in [6, 6.07) is 10.2. The Bertz CT molecular complexity index is 1190. The van der Waals surface area contributed by atoms with Gasteiger partial charge in [0.1, 0.15) is 5.82 Å². The lowest BCUT2D eigenvalue weighted by atomic mass is 10.1. The second-order valence-electron chi connectivity index (χ2n) is 7.47. The van der Waals surface area contributed by atoms with E-state index in [4.69, 9.17) is 4.74 Å². The van der Waals surface area contributed by atoms with E-state index in [2.05, 4.69) is 9.97 Å². The molecular formula is C23H23FN4O3S. The summed E-state index contributed by atoms with van der Waals surface area (Å²) in [5.41, 5.74) is 2.56. The lowest BCUT2D eigenvalue weighted by molar-refractivity contribution is -0.132. The van der Waals surface area contributed by atoms with Crippen molar-refractivity contribution >= 4 is 16.7 Å². The van der Waals surface area contributed by atoms with Crippen LogP contribution < -0.4 is 4.74 Å². The predicted molar refractivity (Wildman–Crippen MR) is 119 cm³/mol. The van der Waals surface area contributed by atoms with E-state index in [1.165, 1.54) is 13.2 Å². The summed E-state index contributed by atoms with van der Waals surface area (Å²) in [6.45, 7) is 2.11. The Morgan fingerprint density at radius 3 is 2.84 bits per heavy atom. The van der Waals surface area contributed by atoms with E-state index in [1.807, 2.05) is 29.8 Å². The van der Waals surface area contributed by atoms with Crippen LogP contribution >= 0.6 is 0 Å². The van der Waals surface area contributed by atoms with Crippen LogP contribution in [0.5, 0.6) is 6.01 Å². The van der Waals surface area contributed by atoms with Crippen molar-refractivity contribution in [3.8, 4) is 11.7 Å². The molecule has 0 spiro atoms. The van der Waals surface area contributed by atoms with Crippen molar-refractivity contribution in [2.24, 2.45) is 0 Å². The van der Waals surface area contributed by atoms with Crippen molar-refractivity contribution in [1.82, 2.24) is 19.4 Å². The van der Waals surface area contributed by atoms with Gasteiger partial charge < -0.3 is 14.2 Å². The number of carbonyl (C=O) groups excluding carboxylic acids is 1. The molecule has 0 saturated heterocycles. The molecule has 32 heavy (non-hydrogen) atoms.